The van der Waals surface area contributed by atoms with Crippen LogP contribution in [0.4, 0.5) is 4.79 Å². The monoisotopic (exact) mass is 718 g/mol. The zero-order valence-corrected chi connectivity index (χ0v) is 27.5. The first kappa shape index (κ1) is 33.6. The number of urea groups is 1. The van der Waals surface area contributed by atoms with Crippen molar-refractivity contribution >= 4 is 63.3 Å². The van der Waals surface area contributed by atoms with Crippen molar-refractivity contribution in [2.75, 3.05) is 20.3 Å². The van der Waals surface area contributed by atoms with Crippen LogP contribution < -0.4 is 30.3 Å². The Balaban J connectivity index is 1.36. The van der Waals surface area contributed by atoms with Crippen LogP contribution in [0.15, 0.2) is 75.4 Å². The van der Waals surface area contributed by atoms with Crippen LogP contribution in [0.1, 0.15) is 36.6 Å². The molecule has 14 heteroatoms. The summed E-state index contributed by atoms with van der Waals surface area (Å²) in [4.78, 5) is 37.2. The number of benzene rings is 3. The Morgan fingerprint density at radius 2 is 1.84 bits per heavy atom. The summed E-state index contributed by atoms with van der Waals surface area (Å²) in [5.74, 6) is -0.0970. The summed E-state index contributed by atoms with van der Waals surface area (Å²) in [5.41, 5.74) is 5.01. The van der Waals surface area contributed by atoms with Crippen LogP contribution in [-0.4, -0.2) is 44.4 Å². The number of ether oxygens (including phenoxy) is 4. The Kier molecular flexibility index (Phi) is 11.7. The van der Waals surface area contributed by atoms with E-state index in [2.05, 4.69) is 37.1 Å². The second kappa shape index (κ2) is 15.6. The highest BCUT2D eigenvalue weighted by molar-refractivity contribution is 9.10. The van der Waals surface area contributed by atoms with Crippen LogP contribution >= 0.6 is 39.1 Å². The lowest BCUT2D eigenvalue weighted by atomic mass is 9.95. The number of amides is 3. The van der Waals surface area contributed by atoms with E-state index >= 15 is 0 Å². The summed E-state index contributed by atoms with van der Waals surface area (Å²) in [6, 6.07) is 14.3. The Morgan fingerprint density at radius 1 is 1.07 bits per heavy atom. The standard InChI is InChI=1S/C31H29BrCl2N4O7/c1-4-43-30(40)27-17(2)36-31(41)37-28(27)19-9-10-24(25(13-19)42-3)44-16-26(39)38-35-14-18-11-21(32)29(23(34)12-18)45-15-20-7-5-6-8-22(20)33/h5-14,28H,4,15-16H2,1-3H3,(H,38,39)(H2,36,37,41)/b35-14-/t28-/m0/s1. The predicted octanol–water partition coefficient (Wildman–Crippen LogP) is 6.06. The molecule has 1 atom stereocenters. The molecule has 3 aromatic rings. The van der Waals surface area contributed by atoms with Gasteiger partial charge in [-0.05, 0) is 71.2 Å². The fourth-order valence-corrected chi connectivity index (χ4v) is 5.50. The Hall–Kier alpha value is -4.26. The summed E-state index contributed by atoms with van der Waals surface area (Å²) in [6.45, 7) is 3.35. The number of hydrogen-bond donors (Lipinski definition) is 3. The number of nitrogens with zero attached hydrogens (tertiary/aromatic N) is 1. The van der Waals surface area contributed by atoms with Gasteiger partial charge in [0.1, 0.15) is 6.61 Å². The van der Waals surface area contributed by atoms with E-state index in [0.29, 0.717) is 37.1 Å². The van der Waals surface area contributed by atoms with Gasteiger partial charge in [0.05, 0.1) is 41.0 Å². The van der Waals surface area contributed by atoms with E-state index in [1.165, 1.54) is 13.3 Å². The highest BCUT2D eigenvalue weighted by Crippen LogP contribution is 2.36. The second-order valence-electron chi connectivity index (χ2n) is 9.48. The van der Waals surface area contributed by atoms with Crippen LogP contribution in [0, 0.1) is 0 Å². The molecule has 0 saturated carbocycles. The molecule has 3 aromatic carbocycles. The number of halogens is 3. The Morgan fingerprint density at radius 3 is 2.56 bits per heavy atom. The lowest BCUT2D eigenvalue weighted by Crippen LogP contribution is -2.45. The average molecular weight is 720 g/mol. The summed E-state index contributed by atoms with van der Waals surface area (Å²) < 4.78 is 22.7. The van der Waals surface area contributed by atoms with Gasteiger partial charge in [-0.15, -0.1) is 0 Å². The van der Waals surface area contributed by atoms with Crippen molar-refractivity contribution in [3.05, 3.63) is 97.1 Å². The maximum Gasteiger partial charge on any atom is 0.338 e. The minimum absolute atomic E-state index is 0.177. The minimum atomic E-state index is -0.782. The van der Waals surface area contributed by atoms with Crippen molar-refractivity contribution < 1.29 is 33.3 Å². The van der Waals surface area contributed by atoms with E-state index in [1.54, 1.807) is 50.2 Å². The number of esters is 1. The van der Waals surface area contributed by atoms with Gasteiger partial charge in [-0.1, -0.05) is 47.5 Å². The van der Waals surface area contributed by atoms with E-state index in [-0.39, 0.29) is 36.9 Å². The fraction of sp³-hybridized carbons (Fsp3) is 0.226. The summed E-state index contributed by atoms with van der Waals surface area (Å²) in [6.07, 6.45) is 1.42. The molecule has 236 valence electrons. The first-order valence-electron chi connectivity index (χ1n) is 13.5. The number of carbonyl (C=O) groups excluding carboxylic acids is 3. The summed E-state index contributed by atoms with van der Waals surface area (Å²) in [7, 11) is 1.43. The van der Waals surface area contributed by atoms with Gasteiger partial charge in [0.15, 0.2) is 23.9 Å². The second-order valence-corrected chi connectivity index (χ2v) is 11.1. The molecule has 0 aromatic heterocycles. The fourth-order valence-electron chi connectivity index (χ4n) is 4.32. The van der Waals surface area contributed by atoms with E-state index in [9.17, 15) is 14.4 Å². The Bertz CT molecular complexity index is 1640. The zero-order chi connectivity index (χ0) is 32.5. The van der Waals surface area contributed by atoms with Crippen LogP contribution in [0.3, 0.4) is 0 Å². The highest BCUT2D eigenvalue weighted by Gasteiger charge is 2.32. The van der Waals surface area contributed by atoms with E-state index in [4.69, 9.17) is 42.1 Å². The molecular weight excluding hydrogens is 691 g/mol. The van der Waals surface area contributed by atoms with Crippen molar-refractivity contribution in [1.29, 1.82) is 0 Å². The maximum absolute atomic E-state index is 12.6. The quantitative estimate of drug-likeness (QED) is 0.118. The normalized spacial score (nSPS) is 14.4. The third-order valence-corrected chi connectivity index (χ3v) is 7.64. The summed E-state index contributed by atoms with van der Waals surface area (Å²) >= 11 is 16.1. The zero-order valence-electron chi connectivity index (χ0n) is 24.4. The third-order valence-electron chi connectivity index (χ3n) is 6.40. The summed E-state index contributed by atoms with van der Waals surface area (Å²) in [5, 5.41) is 10.2. The number of hydrogen-bond acceptors (Lipinski definition) is 8. The van der Waals surface area contributed by atoms with Crippen LogP contribution in [-0.2, 0) is 20.9 Å². The van der Waals surface area contributed by atoms with Gasteiger partial charge in [-0.2, -0.15) is 5.10 Å². The van der Waals surface area contributed by atoms with Gasteiger partial charge in [-0.3, -0.25) is 4.79 Å². The molecule has 0 spiro atoms. The smallest absolute Gasteiger partial charge is 0.338 e. The predicted molar refractivity (Wildman–Crippen MR) is 173 cm³/mol. The van der Waals surface area contributed by atoms with E-state index in [0.717, 1.165) is 5.56 Å². The van der Waals surface area contributed by atoms with E-state index < -0.39 is 23.9 Å². The van der Waals surface area contributed by atoms with Crippen LogP contribution in [0.2, 0.25) is 10.0 Å². The topological polar surface area (TPSA) is 137 Å². The molecule has 1 heterocycles. The van der Waals surface area contributed by atoms with Crippen LogP contribution in [0.5, 0.6) is 17.2 Å². The lowest BCUT2D eigenvalue weighted by Gasteiger charge is -2.28. The molecule has 1 aliphatic rings. The van der Waals surface area contributed by atoms with Gasteiger partial charge in [0.25, 0.3) is 5.91 Å². The van der Waals surface area contributed by atoms with Gasteiger partial charge in [-0.25, -0.2) is 15.0 Å². The number of methoxy groups -OCH3 is 1. The molecular formula is C31H29BrCl2N4O7. The molecule has 3 amide bonds. The first-order chi connectivity index (χ1) is 21.6. The van der Waals surface area contributed by atoms with Crippen molar-refractivity contribution in [1.82, 2.24) is 16.1 Å². The highest BCUT2D eigenvalue weighted by atomic mass is 79.9. The SMILES string of the molecule is CCOC(=O)C1=C(C)NC(=O)N[C@H]1c1ccc(OCC(=O)N/N=C\c2cc(Cl)c(OCc3ccccc3Cl)c(Br)c2)c(OC)c1. The van der Waals surface area contributed by atoms with Gasteiger partial charge < -0.3 is 29.6 Å². The number of hydrazone groups is 1. The largest absolute Gasteiger partial charge is 0.493 e. The van der Waals surface area contributed by atoms with E-state index in [1.807, 2.05) is 18.2 Å². The lowest BCUT2D eigenvalue weighted by molar-refractivity contribution is -0.139. The average Bonchev–Trinajstić information content (AvgIpc) is 3.00. The number of nitrogens with one attached hydrogen (secondary N) is 3. The molecule has 3 N–H and O–H groups in total. The van der Waals surface area contributed by atoms with Crippen molar-refractivity contribution in [3.63, 3.8) is 0 Å². The molecule has 0 radical (unpaired) electrons. The molecule has 11 nitrogen and oxygen atoms in total. The molecule has 45 heavy (non-hydrogen) atoms. The molecule has 0 saturated heterocycles. The molecule has 0 fully saturated rings. The number of rotatable bonds is 12. The third kappa shape index (κ3) is 8.68. The van der Waals surface area contributed by atoms with Crippen molar-refractivity contribution in [2.24, 2.45) is 5.10 Å². The number of allylic oxidation sites excluding steroid dienone is 1. The molecule has 1 aliphatic heterocycles. The van der Waals surface area contributed by atoms with Crippen molar-refractivity contribution in [2.45, 2.75) is 26.5 Å². The molecule has 0 aliphatic carbocycles. The van der Waals surface area contributed by atoms with Gasteiger partial charge in [0.2, 0.25) is 0 Å². The molecule has 4 rings (SSSR count). The molecule has 0 bridgehead atoms. The minimum Gasteiger partial charge on any atom is -0.493 e. The number of carbonyl (C=O) groups is 3. The van der Waals surface area contributed by atoms with Crippen LogP contribution in [0.25, 0.3) is 0 Å². The molecule has 0 unspecified atom stereocenters. The van der Waals surface area contributed by atoms with Crippen molar-refractivity contribution in [3.8, 4) is 17.2 Å². The maximum atomic E-state index is 12.6. The van der Waals surface area contributed by atoms with Gasteiger partial charge in [0, 0.05) is 16.3 Å². The first-order valence-corrected chi connectivity index (χ1v) is 15.1. The Labute approximate surface area is 278 Å². The van der Waals surface area contributed by atoms with Gasteiger partial charge >= 0.3 is 12.0 Å².